The van der Waals surface area contributed by atoms with E-state index in [1.54, 1.807) is 25.3 Å². The van der Waals surface area contributed by atoms with Gasteiger partial charge < -0.3 is 4.98 Å². The highest BCUT2D eigenvalue weighted by atomic mass is 16.6. The lowest BCUT2D eigenvalue weighted by Gasteiger charge is -2.03. The lowest BCUT2D eigenvalue weighted by Crippen LogP contribution is -2.02. The molecule has 0 amide bonds. The number of H-pyrrole nitrogens is 1. The molecule has 0 aliphatic heterocycles. The predicted molar refractivity (Wildman–Crippen MR) is 76.4 cm³/mol. The highest BCUT2D eigenvalue weighted by Gasteiger charge is 2.19. The third-order valence-corrected chi connectivity index (χ3v) is 2.72. The van der Waals surface area contributed by atoms with Crippen LogP contribution in [-0.2, 0) is 0 Å². The van der Waals surface area contributed by atoms with Gasteiger partial charge in [0.1, 0.15) is 5.69 Å². The normalized spacial score (nSPS) is 11.2. The van der Waals surface area contributed by atoms with E-state index in [0.717, 1.165) is 11.8 Å². The molecule has 1 aromatic heterocycles. The van der Waals surface area contributed by atoms with Crippen LogP contribution in [0.15, 0.2) is 41.6 Å². The van der Waals surface area contributed by atoms with Gasteiger partial charge in [-0.2, -0.15) is 5.10 Å². The largest absolute Gasteiger partial charge is 0.360 e. The van der Waals surface area contributed by atoms with E-state index in [1.165, 1.54) is 12.1 Å². The Morgan fingerprint density at radius 1 is 1.24 bits per heavy atom. The van der Waals surface area contributed by atoms with Crippen LogP contribution < -0.4 is 5.43 Å². The van der Waals surface area contributed by atoms with E-state index in [4.69, 9.17) is 0 Å². The van der Waals surface area contributed by atoms with Crippen LogP contribution in [0.2, 0.25) is 0 Å². The Morgan fingerprint density at radius 3 is 2.57 bits per heavy atom. The van der Waals surface area contributed by atoms with Gasteiger partial charge in [0.25, 0.3) is 5.69 Å². The zero-order chi connectivity index (χ0) is 15.4. The maximum Gasteiger partial charge on any atom is 0.301 e. The molecule has 9 heteroatoms. The van der Waals surface area contributed by atoms with Crippen molar-refractivity contribution in [3.05, 3.63) is 62.5 Å². The monoisotopic (exact) mass is 289 g/mol. The molecule has 0 saturated heterocycles. The number of nitro benzene ring substituents is 2. The molecule has 0 radical (unpaired) electrons. The van der Waals surface area contributed by atoms with Gasteiger partial charge in [0.15, 0.2) is 0 Å². The van der Waals surface area contributed by atoms with Crippen LogP contribution in [0.3, 0.4) is 0 Å². The van der Waals surface area contributed by atoms with Crippen molar-refractivity contribution < 1.29 is 9.85 Å². The number of nitro groups is 2. The number of nitrogens with zero attached hydrogens (tertiary/aromatic N) is 3. The average Bonchev–Trinajstić information content (AvgIpc) is 2.98. The van der Waals surface area contributed by atoms with Gasteiger partial charge >= 0.3 is 5.69 Å². The molecule has 0 saturated carbocycles. The van der Waals surface area contributed by atoms with E-state index < -0.39 is 15.5 Å². The van der Waals surface area contributed by atoms with E-state index in [-0.39, 0.29) is 11.4 Å². The molecular weight excluding hydrogens is 278 g/mol. The molecule has 0 aliphatic carbocycles. The fraction of sp³-hybridized carbons (Fsp3) is 0.0833. The molecule has 2 N–H and O–H groups in total. The van der Waals surface area contributed by atoms with Crippen molar-refractivity contribution in [1.29, 1.82) is 0 Å². The van der Waals surface area contributed by atoms with E-state index in [2.05, 4.69) is 15.5 Å². The third-order valence-electron chi connectivity index (χ3n) is 2.72. The summed E-state index contributed by atoms with van der Waals surface area (Å²) in [5.41, 5.74) is 3.22. The van der Waals surface area contributed by atoms with Gasteiger partial charge in [-0.15, -0.1) is 0 Å². The molecule has 1 heterocycles. The van der Waals surface area contributed by atoms with Gasteiger partial charge in [0.05, 0.1) is 27.3 Å². The quantitative estimate of drug-likeness (QED) is 0.497. The first-order valence-corrected chi connectivity index (χ1v) is 5.86. The number of benzene rings is 1. The summed E-state index contributed by atoms with van der Waals surface area (Å²) in [5, 5.41) is 25.6. The van der Waals surface area contributed by atoms with E-state index in [9.17, 15) is 20.2 Å². The Kier molecular flexibility index (Phi) is 3.93. The summed E-state index contributed by atoms with van der Waals surface area (Å²) in [6.45, 7) is 1.72. The van der Waals surface area contributed by atoms with Crippen LogP contribution in [0.5, 0.6) is 0 Å². The molecule has 0 unspecified atom stereocenters. The van der Waals surface area contributed by atoms with Crippen LogP contribution in [-0.4, -0.2) is 20.5 Å². The zero-order valence-corrected chi connectivity index (χ0v) is 10.9. The Balaban J connectivity index is 2.29. The first-order chi connectivity index (χ1) is 9.99. The topological polar surface area (TPSA) is 126 Å². The zero-order valence-electron chi connectivity index (χ0n) is 10.9. The number of rotatable bonds is 5. The summed E-state index contributed by atoms with van der Waals surface area (Å²) in [6.07, 6.45) is 1.72. The summed E-state index contributed by atoms with van der Waals surface area (Å²) < 4.78 is 0. The van der Waals surface area contributed by atoms with E-state index in [1.807, 2.05) is 0 Å². The maximum absolute atomic E-state index is 11.0. The number of aromatic nitrogens is 1. The van der Waals surface area contributed by atoms with Crippen molar-refractivity contribution >= 4 is 22.8 Å². The Labute approximate surface area is 118 Å². The fourth-order valence-electron chi connectivity index (χ4n) is 1.64. The lowest BCUT2D eigenvalue weighted by atomic mass is 10.2. The van der Waals surface area contributed by atoms with Crippen molar-refractivity contribution in [1.82, 2.24) is 4.98 Å². The number of aromatic amines is 1. The second-order valence-electron chi connectivity index (χ2n) is 4.11. The van der Waals surface area contributed by atoms with Crippen molar-refractivity contribution in [3.63, 3.8) is 0 Å². The minimum absolute atomic E-state index is 0.0801. The minimum Gasteiger partial charge on any atom is -0.360 e. The van der Waals surface area contributed by atoms with E-state index in [0.29, 0.717) is 5.71 Å². The summed E-state index contributed by atoms with van der Waals surface area (Å²) in [5.74, 6) is 0. The fourth-order valence-corrected chi connectivity index (χ4v) is 1.64. The van der Waals surface area contributed by atoms with Gasteiger partial charge in [0, 0.05) is 12.3 Å². The minimum atomic E-state index is -0.700. The summed E-state index contributed by atoms with van der Waals surface area (Å²) in [4.78, 5) is 23.1. The standard InChI is InChI=1S/C12H11N5O4/c1-8(10-3-2-6-13-10)14-15-11-5-4-9(16(18)19)7-12(11)17(20)21/h2-7,13,15H,1H3/b14-8+. The SMILES string of the molecule is C/C(=N\Nc1ccc([N+](=O)[O-])cc1[N+](=O)[O-])c1ccc[nH]1. The van der Waals surface area contributed by atoms with Crippen molar-refractivity contribution in [2.24, 2.45) is 5.10 Å². The Bertz CT molecular complexity index is 708. The first-order valence-electron chi connectivity index (χ1n) is 5.86. The smallest absolute Gasteiger partial charge is 0.301 e. The molecule has 108 valence electrons. The molecule has 2 aromatic rings. The molecular formula is C12H11N5O4. The number of non-ortho nitro benzene ring substituents is 1. The molecule has 0 fully saturated rings. The second-order valence-corrected chi connectivity index (χ2v) is 4.11. The summed E-state index contributed by atoms with van der Waals surface area (Å²) in [7, 11) is 0. The number of hydrogen-bond acceptors (Lipinski definition) is 6. The van der Waals surface area contributed by atoms with E-state index >= 15 is 0 Å². The van der Waals surface area contributed by atoms with Gasteiger partial charge in [-0.05, 0) is 25.1 Å². The van der Waals surface area contributed by atoms with Gasteiger partial charge in [-0.3, -0.25) is 25.7 Å². The van der Waals surface area contributed by atoms with Gasteiger partial charge in [-0.1, -0.05) is 0 Å². The Hall–Kier alpha value is -3.23. The number of nitrogens with one attached hydrogen (secondary N) is 2. The average molecular weight is 289 g/mol. The van der Waals surface area contributed by atoms with Crippen LogP contribution in [0.1, 0.15) is 12.6 Å². The molecule has 2 rings (SSSR count). The van der Waals surface area contributed by atoms with Gasteiger partial charge in [0.2, 0.25) is 0 Å². The van der Waals surface area contributed by atoms with Crippen LogP contribution >= 0.6 is 0 Å². The molecule has 0 spiro atoms. The molecule has 0 aliphatic rings. The molecule has 0 bridgehead atoms. The van der Waals surface area contributed by atoms with Crippen molar-refractivity contribution in [3.8, 4) is 0 Å². The first kappa shape index (κ1) is 14.2. The maximum atomic E-state index is 11.0. The molecule has 9 nitrogen and oxygen atoms in total. The number of hydrazone groups is 1. The molecule has 1 aromatic carbocycles. The summed E-state index contributed by atoms with van der Waals surface area (Å²) >= 11 is 0. The molecule has 21 heavy (non-hydrogen) atoms. The van der Waals surface area contributed by atoms with Crippen LogP contribution in [0, 0.1) is 20.2 Å². The summed E-state index contributed by atoms with van der Waals surface area (Å²) in [6, 6.07) is 6.91. The predicted octanol–water partition coefficient (Wildman–Crippen LogP) is 2.67. The molecule has 0 atom stereocenters. The van der Waals surface area contributed by atoms with Crippen molar-refractivity contribution in [2.45, 2.75) is 6.92 Å². The second kappa shape index (κ2) is 5.82. The van der Waals surface area contributed by atoms with Crippen LogP contribution in [0.4, 0.5) is 17.1 Å². The Morgan fingerprint density at radius 2 is 2.00 bits per heavy atom. The van der Waals surface area contributed by atoms with Crippen molar-refractivity contribution in [2.75, 3.05) is 5.43 Å². The lowest BCUT2D eigenvalue weighted by molar-refractivity contribution is -0.393. The highest BCUT2D eigenvalue weighted by molar-refractivity contribution is 5.97. The highest BCUT2D eigenvalue weighted by Crippen LogP contribution is 2.28. The third kappa shape index (κ3) is 3.21. The van der Waals surface area contributed by atoms with Crippen LogP contribution in [0.25, 0.3) is 0 Å². The number of hydrogen-bond donors (Lipinski definition) is 2. The van der Waals surface area contributed by atoms with Gasteiger partial charge in [-0.25, -0.2) is 0 Å². The number of anilines is 1.